The van der Waals surface area contributed by atoms with E-state index in [1.54, 1.807) is 18.2 Å². The molecule has 0 bridgehead atoms. The Labute approximate surface area is 116 Å². The third kappa shape index (κ3) is 3.17. The maximum Gasteiger partial charge on any atom is 0.170 e. The molecular weight excluding hydrogens is 264 g/mol. The lowest BCUT2D eigenvalue weighted by molar-refractivity contribution is 0.305. The summed E-state index contributed by atoms with van der Waals surface area (Å²) in [5.74, 6) is 0.650. The summed E-state index contributed by atoms with van der Waals surface area (Å²) in [5.41, 5.74) is 7.07. The molecule has 2 aromatic carbocycles. The summed E-state index contributed by atoms with van der Waals surface area (Å²) >= 11 is 6.01. The van der Waals surface area contributed by atoms with Gasteiger partial charge < -0.3 is 15.7 Å². The van der Waals surface area contributed by atoms with Crippen LogP contribution >= 0.6 is 11.6 Å². The van der Waals surface area contributed by atoms with Crippen LogP contribution in [0.15, 0.2) is 53.7 Å². The molecule has 2 aromatic rings. The number of hydrogen-bond donors (Lipinski definition) is 2. The van der Waals surface area contributed by atoms with E-state index in [0.29, 0.717) is 16.3 Å². The molecule has 0 radical (unpaired) electrons. The summed E-state index contributed by atoms with van der Waals surface area (Å²) in [5, 5.41) is 12.3. The molecule has 0 unspecified atom stereocenters. The van der Waals surface area contributed by atoms with Gasteiger partial charge in [0, 0.05) is 11.1 Å². The van der Waals surface area contributed by atoms with E-state index in [1.165, 1.54) is 0 Å². The molecule has 0 saturated carbocycles. The van der Waals surface area contributed by atoms with Crippen LogP contribution in [0.4, 0.5) is 0 Å². The number of halogens is 1. The van der Waals surface area contributed by atoms with Crippen molar-refractivity contribution in [3.8, 4) is 5.75 Å². The van der Waals surface area contributed by atoms with Crippen LogP contribution in [-0.4, -0.2) is 11.0 Å². The number of rotatable bonds is 4. The highest BCUT2D eigenvalue weighted by Crippen LogP contribution is 2.24. The number of hydrogen-bond acceptors (Lipinski definition) is 3. The van der Waals surface area contributed by atoms with E-state index in [2.05, 4.69) is 5.16 Å². The van der Waals surface area contributed by atoms with Gasteiger partial charge in [0.05, 0.1) is 5.02 Å². The lowest BCUT2D eigenvalue weighted by Crippen LogP contribution is -2.16. The van der Waals surface area contributed by atoms with Crippen molar-refractivity contribution < 1.29 is 9.94 Å². The number of para-hydroxylation sites is 1. The van der Waals surface area contributed by atoms with Crippen LogP contribution < -0.4 is 10.5 Å². The Kier molecular flexibility index (Phi) is 4.26. The van der Waals surface area contributed by atoms with Crippen LogP contribution in [0.1, 0.15) is 11.1 Å². The number of amidine groups is 1. The third-order valence-corrected chi connectivity index (χ3v) is 2.93. The summed E-state index contributed by atoms with van der Waals surface area (Å²) in [4.78, 5) is 0. The molecule has 0 heterocycles. The van der Waals surface area contributed by atoms with E-state index in [0.717, 1.165) is 5.56 Å². The summed E-state index contributed by atoms with van der Waals surface area (Å²) in [7, 11) is 0. The molecule has 0 spiro atoms. The standard InChI is InChI=1S/C14H13ClN2O2/c15-12-7-3-4-8-13(12)19-9-10-5-1-2-6-11(10)14(16)17-18/h1-8,18H,9H2,(H2,16,17). The minimum Gasteiger partial charge on any atom is -0.487 e. The zero-order chi connectivity index (χ0) is 13.7. The summed E-state index contributed by atoms with van der Waals surface area (Å²) in [6.45, 7) is 0.288. The molecule has 0 aliphatic heterocycles. The third-order valence-electron chi connectivity index (χ3n) is 2.62. The number of benzene rings is 2. The van der Waals surface area contributed by atoms with Crippen molar-refractivity contribution >= 4 is 17.4 Å². The summed E-state index contributed by atoms with van der Waals surface area (Å²) < 4.78 is 5.63. The molecule has 0 saturated heterocycles. The first-order valence-electron chi connectivity index (χ1n) is 5.65. The van der Waals surface area contributed by atoms with E-state index >= 15 is 0 Å². The molecule has 4 nitrogen and oxygen atoms in total. The molecular formula is C14H13ClN2O2. The van der Waals surface area contributed by atoms with Gasteiger partial charge in [-0.25, -0.2) is 0 Å². The lowest BCUT2D eigenvalue weighted by atomic mass is 10.1. The minimum atomic E-state index is 0.0540. The Morgan fingerprint density at radius 1 is 1.16 bits per heavy atom. The molecule has 98 valence electrons. The highest BCUT2D eigenvalue weighted by Gasteiger charge is 2.07. The Morgan fingerprint density at radius 2 is 1.84 bits per heavy atom. The van der Waals surface area contributed by atoms with Crippen molar-refractivity contribution in [2.45, 2.75) is 6.61 Å². The largest absolute Gasteiger partial charge is 0.487 e. The van der Waals surface area contributed by atoms with Crippen LogP contribution in [0.5, 0.6) is 5.75 Å². The fraction of sp³-hybridized carbons (Fsp3) is 0.0714. The van der Waals surface area contributed by atoms with Crippen LogP contribution in [0.3, 0.4) is 0 Å². The molecule has 0 aliphatic carbocycles. The number of ether oxygens (including phenoxy) is 1. The summed E-state index contributed by atoms with van der Waals surface area (Å²) in [6.07, 6.45) is 0. The van der Waals surface area contributed by atoms with Gasteiger partial charge in [-0.05, 0) is 12.1 Å². The Morgan fingerprint density at radius 3 is 2.58 bits per heavy atom. The van der Waals surface area contributed by atoms with Crippen LogP contribution in [-0.2, 0) is 6.61 Å². The quantitative estimate of drug-likeness (QED) is 0.390. The molecule has 0 aromatic heterocycles. The second-order valence-electron chi connectivity index (χ2n) is 3.86. The fourth-order valence-electron chi connectivity index (χ4n) is 1.67. The smallest absolute Gasteiger partial charge is 0.170 e. The second-order valence-corrected chi connectivity index (χ2v) is 4.27. The fourth-order valence-corrected chi connectivity index (χ4v) is 1.86. The van der Waals surface area contributed by atoms with Crippen molar-refractivity contribution in [3.63, 3.8) is 0 Å². The van der Waals surface area contributed by atoms with Crippen molar-refractivity contribution in [3.05, 3.63) is 64.7 Å². The van der Waals surface area contributed by atoms with Crippen molar-refractivity contribution in [1.29, 1.82) is 0 Å². The molecule has 0 amide bonds. The lowest BCUT2D eigenvalue weighted by Gasteiger charge is -2.11. The number of nitrogens with zero attached hydrogens (tertiary/aromatic N) is 1. The second kappa shape index (κ2) is 6.11. The van der Waals surface area contributed by atoms with Crippen molar-refractivity contribution in [1.82, 2.24) is 0 Å². The van der Waals surface area contributed by atoms with Gasteiger partial charge in [0.25, 0.3) is 0 Å². The number of oxime groups is 1. The monoisotopic (exact) mass is 276 g/mol. The molecule has 5 heteroatoms. The molecule has 0 aliphatic rings. The first-order valence-corrected chi connectivity index (χ1v) is 6.03. The number of nitrogens with two attached hydrogens (primary N) is 1. The Balaban J connectivity index is 2.19. The van der Waals surface area contributed by atoms with E-state index in [9.17, 15) is 0 Å². The molecule has 19 heavy (non-hydrogen) atoms. The van der Waals surface area contributed by atoms with E-state index in [-0.39, 0.29) is 12.4 Å². The maximum atomic E-state index is 8.74. The molecule has 0 fully saturated rings. The SMILES string of the molecule is N/C(=N\O)c1ccccc1COc1ccccc1Cl. The molecule has 2 rings (SSSR count). The predicted octanol–water partition coefficient (Wildman–Crippen LogP) is 3.01. The van der Waals surface area contributed by atoms with Gasteiger partial charge in [-0.3, -0.25) is 0 Å². The Bertz CT molecular complexity index is 600. The van der Waals surface area contributed by atoms with Crippen molar-refractivity contribution in [2.75, 3.05) is 0 Å². The first-order chi connectivity index (χ1) is 9.22. The summed E-state index contributed by atoms with van der Waals surface area (Å²) in [6, 6.07) is 14.5. The van der Waals surface area contributed by atoms with Gasteiger partial charge in [-0.15, -0.1) is 0 Å². The van der Waals surface area contributed by atoms with Gasteiger partial charge in [0.1, 0.15) is 12.4 Å². The van der Waals surface area contributed by atoms with Crippen LogP contribution in [0.2, 0.25) is 5.02 Å². The minimum absolute atomic E-state index is 0.0540. The Hall–Kier alpha value is -2.20. The van der Waals surface area contributed by atoms with E-state index in [1.807, 2.05) is 30.3 Å². The van der Waals surface area contributed by atoms with Gasteiger partial charge in [-0.1, -0.05) is 53.2 Å². The topological polar surface area (TPSA) is 67.8 Å². The zero-order valence-corrected chi connectivity index (χ0v) is 10.8. The average Bonchev–Trinajstić information content (AvgIpc) is 2.46. The molecule has 3 N–H and O–H groups in total. The van der Waals surface area contributed by atoms with Gasteiger partial charge in [-0.2, -0.15) is 0 Å². The van der Waals surface area contributed by atoms with E-state index < -0.39 is 0 Å². The first kappa shape index (κ1) is 13.2. The van der Waals surface area contributed by atoms with Gasteiger partial charge >= 0.3 is 0 Å². The average molecular weight is 277 g/mol. The molecule has 0 atom stereocenters. The maximum absolute atomic E-state index is 8.74. The predicted molar refractivity (Wildman–Crippen MR) is 74.7 cm³/mol. The van der Waals surface area contributed by atoms with Gasteiger partial charge in [0.2, 0.25) is 0 Å². The highest BCUT2D eigenvalue weighted by molar-refractivity contribution is 6.32. The van der Waals surface area contributed by atoms with E-state index in [4.69, 9.17) is 27.3 Å². The zero-order valence-electron chi connectivity index (χ0n) is 10.1. The van der Waals surface area contributed by atoms with Gasteiger partial charge in [0.15, 0.2) is 5.84 Å². The van der Waals surface area contributed by atoms with Crippen LogP contribution in [0, 0.1) is 0 Å². The highest BCUT2D eigenvalue weighted by atomic mass is 35.5. The van der Waals surface area contributed by atoms with Crippen LogP contribution in [0.25, 0.3) is 0 Å². The van der Waals surface area contributed by atoms with Crippen molar-refractivity contribution in [2.24, 2.45) is 10.9 Å². The normalized spacial score (nSPS) is 11.3.